The number of ether oxygens (including phenoxy) is 2. The molecule has 0 aromatic heterocycles. The van der Waals surface area contributed by atoms with Crippen LogP contribution in [0.15, 0.2) is 42.5 Å². The molecule has 0 amide bonds. The van der Waals surface area contributed by atoms with Gasteiger partial charge < -0.3 is 9.47 Å². The van der Waals surface area contributed by atoms with Gasteiger partial charge in [0.15, 0.2) is 23.9 Å². The van der Waals surface area contributed by atoms with E-state index >= 15 is 0 Å². The molecule has 2 aromatic rings. The number of carbonyl (C=O) groups excluding carboxylic acids is 1. The summed E-state index contributed by atoms with van der Waals surface area (Å²) in [7, 11) is 1.45. The van der Waals surface area contributed by atoms with Gasteiger partial charge in [0, 0.05) is 6.07 Å². The fourth-order valence-electron chi connectivity index (χ4n) is 1.97. The van der Waals surface area contributed by atoms with E-state index in [4.69, 9.17) is 14.7 Å². The van der Waals surface area contributed by atoms with Crippen molar-refractivity contribution in [1.82, 2.24) is 0 Å². The summed E-state index contributed by atoms with van der Waals surface area (Å²) in [4.78, 5) is 12.0. The molecule has 0 radical (unpaired) electrons. The average molecular weight is 329 g/mol. The van der Waals surface area contributed by atoms with E-state index in [9.17, 15) is 13.6 Å². The number of allylic oxidation sites excluding steroid dienone is 1. The third-order valence-corrected chi connectivity index (χ3v) is 3.10. The molecule has 24 heavy (non-hydrogen) atoms. The van der Waals surface area contributed by atoms with E-state index in [2.05, 4.69) is 0 Å². The van der Waals surface area contributed by atoms with Gasteiger partial charge in [-0.1, -0.05) is 12.1 Å². The van der Waals surface area contributed by atoms with E-state index in [0.29, 0.717) is 23.1 Å². The van der Waals surface area contributed by atoms with Gasteiger partial charge in [0.1, 0.15) is 17.7 Å². The summed E-state index contributed by atoms with van der Waals surface area (Å²) in [5.41, 5.74) is 0.403. The molecular formula is C18H13F2NO3. The van der Waals surface area contributed by atoms with Gasteiger partial charge in [-0.2, -0.15) is 5.26 Å². The van der Waals surface area contributed by atoms with Crippen LogP contribution in [0.5, 0.6) is 11.5 Å². The highest BCUT2D eigenvalue weighted by Crippen LogP contribution is 2.28. The summed E-state index contributed by atoms with van der Waals surface area (Å²) < 4.78 is 36.8. The zero-order chi connectivity index (χ0) is 17.5. The average Bonchev–Trinajstić information content (AvgIpc) is 2.58. The van der Waals surface area contributed by atoms with E-state index in [1.807, 2.05) is 6.07 Å². The molecular weight excluding hydrogens is 316 g/mol. The maximum atomic E-state index is 13.6. The summed E-state index contributed by atoms with van der Waals surface area (Å²) >= 11 is 0. The predicted octanol–water partition coefficient (Wildman–Crippen LogP) is 3.77. The predicted molar refractivity (Wildman–Crippen MR) is 83.8 cm³/mol. The molecule has 0 saturated heterocycles. The monoisotopic (exact) mass is 329 g/mol. The molecule has 0 atom stereocenters. The molecule has 0 N–H and O–H groups in total. The van der Waals surface area contributed by atoms with Crippen LogP contribution in [-0.2, 0) is 0 Å². The molecule has 6 heteroatoms. The maximum absolute atomic E-state index is 13.6. The number of ketones is 1. The van der Waals surface area contributed by atoms with Crippen LogP contribution < -0.4 is 9.47 Å². The third-order valence-electron chi connectivity index (χ3n) is 3.10. The number of methoxy groups -OCH3 is 1. The van der Waals surface area contributed by atoms with Crippen molar-refractivity contribution in [1.29, 1.82) is 5.26 Å². The number of carbonyl (C=O) groups is 1. The van der Waals surface area contributed by atoms with Gasteiger partial charge in [0.25, 0.3) is 0 Å². The lowest BCUT2D eigenvalue weighted by atomic mass is 10.1. The normalized spacial score (nSPS) is 10.4. The minimum absolute atomic E-state index is 0.117. The second-order valence-electron chi connectivity index (χ2n) is 4.68. The van der Waals surface area contributed by atoms with Crippen molar-refractivity contribution in [2.45, 2.75) is 0 Å². The maximum Gasteiger partial charge on any atom is 0.188 e. The first-order chi connectivity index (χ1) is 11.5. The zero-order valence-corrected chi connectivity index (χ0v) is 12.8. The number of hydrogen-bond acceptors (Lipinski definition) is 4. The van der Waals surface area contributed by atoms with Gasteiger partial charge in [-0.3, -0.25) is 4.79 Å². The van der Waals surface area contributed by atoms with E-state index in [1.165, 1.54) is 19.3 Å². The lowest BCUT2D eigenvalue weighted by Crippen LogP contribution is -1.99. The highest BCUT2D eigenvalue weighted by atomic mass is 19.1. The molecule has 0 aliphatic rings. The summed E-state index contributed by atoms with van der Waals surface area (Å²) in [5, 5.41) is 8.52. The Morgan fingerprint density at radius 1 is 1.21 bits per heavy atom. The van der Waals surface area contributed by atoms with Crippen LogP contribution in [0.25, 0.3) is 6.08 Å². The van der Waals surface area contributed by atoms with Crippen LogP contribution in [0.1, 0.15) is 15.9 Å². The number of benzene rings is 2. The summed E-state index contributed by atoms with van der Waals surface area (Å²) in [5.74, 6) is -1.45. The van der Waals surface area contributed by atoms with Crippen LogP contribution in [0.2, 0.25) is 0 Å². The Bertz CT molecular complexity index is 825. The largest absolute Gasteiger partial charge is 0.493 e. The lowest BCUT2D eigenvalue weighted by Gasteiger charge is -2.08. The molecule has 2 aromatic carbocycles. The van der Waals surface area contributed by atoms with Crippen LogP contribution in [0, 0.1) is 23.0 Å². The highest BCUT2D eigenvalue weighted by Gasteiger charge is 2.10. The van der Waals surface area contributed by atoms with Gasteiger partial charge in [-0.15, -0.1) is 0 Å². The van der Waals surface area contributed by atoms with Gasteiger partial charge in [0.2, 0.25) is 0 Å². The molecule has 0 unspecified atom stereocenters. The second-order valence-corrected chi connectivity index (χ2v) is 4.68. The molecule has 0 fully saturated rings. The second kappa shape index (κ2) is 7.88. The van der Waals surface area contributed by atoms with Crippen molar-refractivity contribution >= 4 is 11.9 Å². The molecule has 0 spiro atoms. The first kappa shape index (κ1) is 17.2. The number of halogens is 2. The SMILES string of the molecule is COc1cc(/C=C/C(=O)c2ccc(F)cc2F)ccc1OCC#N. The summed E-state index contributed by atoms with van der Waals surface area (Å²) in [6.45, 7) is -0.117. The molecule has 2 rings (SSSR count). The molecule has 0 aliphatic heterocycles. The van der Waals surface area contributed by atoms with Crippen molar-refractivity contribution in [2.24, 2.45) is 0 Å². The highest BCUT2D eigenvalue weighted by molar-refractivity contribution is 6.07. The van der Waals surface area contributed by atoms with Crippen LogP contribution in [0.4, 0.5) is 8.78 Å². The van der Waals surface area contributed by atoms with Crippen molar-refractivity contribution < 1.29 is 23.0 Å². The van der Waals surface area contributed by atoms with Crippen molar-refractivity contribution in [3.63, 3.8) is 0 Å². The standard InChI is InChI=1S/C18H13F2NO3/c1-23-18-10-12(3-7-17(18)24-9-8-21)2-6-16(22)14-5-4-13(19)11-15(14)20/h2-7,10-11H,9H2,1H3/b6-2+. The topological polar surface area (TPSA) is 59.3 Å². The Kier molecular flexibility index (Phi) is 5.63. The van der Waals surface area contributed by atoms with Gasteiger partial charge in [-0.25, -0.2) is 8.78 Å². The zero-order valence-electron chi connectivity index (χ0n) is 12.8. The van der Waals surface area contributed by atoms with Crippen molar-refractivity contribution in [3.8, 4) is 17.6 Å². The molecule has 4 nitrogen and oxygen atoms in total. The van der Waals surface area contributed by atoms with E-state index in [-0.39, 0.29) is 12.2 Å². The molecule has 122 valence electrons. The summed E-state index contributed by atoms with van der Waals surface area (Å²) in [6, 6.07) is 9.48. The van der Waals surface area contributed by atoms with Gasteiger partial charge >= 0.3 is 0 Å². The summed E-state index contributed by atoms with van der Waals surface area (Å²) in [6.07, 6.45) is 2.66. The Balaban J connectivity index is 2.19. The fraction of sp³-hybridized carbons (Fsp3) is 0.111. The van der Waals surface area contributed by atoms with E-state index in [1.54, 1.807) is 18.2 Å². The van der Waals surface area contributed by atoms with Gasteiger partial charge in [-0.05, 0) is 35.9 Å². The Morgan fingerprint density at radius 2 is 2.00 bits per heavy atom. The Hall–Kier alpha value is -3.20. The van der Waals surface area contributed by atoms with Crippen LogP contribution in [-0.4, -0.2) is 19.5 Å². The van der Waals surface area contributed by atoms with Gasteiger partial charge in [0.05, 0.1) is 12.7 Å². The van der Waals surface area contributed by atoms with E-state index in [0.717, 1.165) is 12.1 Å². The van der Waals surface area contributed by atoms with Crippen LogP contribution in [0.3, 0.4) is 0 Å². The Labute approximate surface area is 137 Å². The number of nitriles is 1. The first-order valence-corrected chi connectivity index (χ1v) is 6.90. The third kappa shape index (κ3) is 4.17. The minimum Gasteiger partial charge on any atom is -0.493 e. The number of hydrogen-bond donors (Lipinski definition) is 0. The minimum atomic E-state index is -0.914. The molecule has 0 heterocycles. The van der Waals surface area contributed by atoms with Crippen LogP contribution >= 0.6 is 0 Å². The smallest absolute Gasteiger partial charge is 0.188 e. The number of rotatable bonds is 6. The van der Waals surface area contributed by atoms with Crippen molar-refractivity contribution in [3.05, 3.63) is 65.2 Å². The molecule has 0 bridgehead atoms. The molecule has 0 aliphatic carbocycles. The quantitative estimate of drug-likeness (QED) is 0.598. The lowest BCUT2D eigenvalue weighted by molar-refractivity contribution is 0.104. The Morgan fingerprint density at radius 3 is 2.67 bits per heavy atom. The van der Waals surface area contributed by atoms with Crippen molar-refractivity contribution in [2.75, 3.05) is 13.7 Å². The fourth-order valence-corrected chi connectivity index (χ4v) is 1.97. The first-order valence-electron chi connectivity index (χ1n) is 6.90. The molecule has 0 saturated carbocycles. The van der Waals surface area contributed by atoms with E-state index < -0.39 is 17.4 Å². The number of nitrogens with zero attached hydrogens (tertiary/aromatic N) is 1.